The van der Waals surface area contributed by atoms with Gasteiger partial charge in [0.05, 0.1) is 40.9 Å². The van der Waals surface area contributed by atoms with E-state index >= 15 is 4.39 Å². The van der Waals surface area contributed by atoms with Gasteiger partial charge in [-0.05, 0) is 35.9 Å². The number of pyridine rings is 1. The molecule has 1 aliphatic rings. The minimum atomic E-state index is -0.615. The number of carbonyl (C=O) groups excluding carboxylic acids is 1. The summed E-state index contributed by atoms with van der Waals surface area (Å²) in [6, 6.07) is 19.2. The molecular formula is C30H26FN7O2. The smallest absolute Gasteiger partial charge is 0.272 e. The molecule has 1 amide bonds. The third-order valence-corrected chi connectivity index (χ3v) is 7.36. The van der Waals surface area contributed by atoms with Gasteiger partial charge in [0.1, 0.15) is 11.5 Å². The lowest BCUT2D eigenvalue weighted by Crippen LogP contribution is -2.54. The molecule has 0 bridgehead atoms. The number of carbonyl (C=O) groups is 1. The predicted molar refractivity (Wildman–Crippen MR) is 147 cm³/mol. The van der Waals surface area contributed by atoms with Crippen LogP contribution in [0.2, 0.25) is 0 Å². The van der Waals surface area contributed by atoms with E-state index in [-0.39, 0.29) is 23.6 Å². The van der Waals surface area contributed by atoms with Crippen molar-refractivity contribution in [2.75, 3.05) is 19.6 Å². The van der Waals surface area contributed by atoms with Crippen LogP contribution in [0.3, 0.4) is 0 Å². The zero-order valence-corrected chi connectivity index (χ0v) is 21.6. The zero-order chi connectivity index (χ0) is 27.6. The monoisotopic (exact) mass is 535 g/mol. The number of hydrogen-bond donors (Lipinski definition) is 1. The molecule has 0 radical (unpaired) electrons. The number of hydrogen-bond acceptors (Lipinski definition) is 6. The summed E-state index contributed by atoms with van der Waals surface area (Å²) < 4.78 is 17.0. The summed E-state index contributed by atoms with van der Waals surface area (Å²) in [5.41, 5.74) is 2.77. The number of imidazole rings is 1. The second kappa shape index (κ2) is 10.7. The molecule has 1 fully saturated rings. The van der Waals surface area contributed by atoms with Crippen molar-refractivity contribution in [1.29, 1.82) is 5.26 Å². The van der Waals surface area contributed by atoms with E-state index in [9.17, 15) is 14.9 Å². The minimum Gasteiger partial charge on any atom is -0.332 e. The largest absolute Gasteiger partial charge is 0.332 e. The highest BCUT2D eigenvalue weighted by Crippen LogP contribution is 2.23. The van der Waals surface area contributed by atoms with E-state index < -0.39 is 11.7 Å². The summed E-state index contributed by atoms with van der Waals surface area (Å²) in [6.45, 7) is 2.03. The number of aromatic nitrogens is 4. The number of piperazine rings is 1. The van der Waals surface area contributed by atoms with E-state index in [1.54, 1.807) is 29.2 Å². The lowest BCUT2D eigenvalue weighted by atomic mass is 10.0. The van der Waals surface area contributed by atoms with E-state index in [4.69, 9.17) is 0 Å². The number of H-pyrrole nitrogens is 1. The zero-order valence-electron chi connectivity index (χ0n) is 21.6. The second-order valence-corrected chi connectivity index (χ2v) is 9.98. The maximum atomic E-state index is 15.0. The van der Waals surface area contributed by atoms with Crippen molar-refractivity contribution in [3.63, 3.8) is 0 Å². The Morgan fingerprint density at radius 3 is 2.75 bits per heavy atom. The number of nitrogens with zero attached hydrogens (tertiary/aromatic N) is 6. The van der Waals surface area contributed by atoms with E-state index in [0.717, 1.165) is 11.3 Å². The number of nitrogens with one attached hydrogen (secondary N) is 1. The SMILES string of the molecule is N#CC[C@@H]1CN(Cc2cn3ccccc3n2)CCN1C(=O)c1cc(Cc2n[nH]c(=O)c3ccccc23)ccc1F. The summed E-state index contributed by atoms with van der Waals surface area (Å²) in [4.78, 5) is 34.2. The number of amides is 1. The van der Waals surface area contributed by atoms with Gasteiger partial charge in [-0.3, -0.25) is 14.5 Å². The number of fused-ring (bicyclic) bond motifs is 2. The fourth-order valence-electron chi connectivity index (χ4n) is 5.40. The molecule has 40 heavy (non-hydrogen) atoms. The van der Waals surface area contributed by atoms with E-state index in [1.807, 2.05) is 47.1 Å². The maximum Gasteiger partial charge on any atom is 0.272 e. The van der Waals surface area contributed by atoms with Crippen molar-refractivity contribution in [3.8, 4) is 6.07 Å². The van der Waals surface area contributed by atoms with Crippen LogP contribution in [-0.2, 0) is 13.0 Å². The van der Waals surface area contributed by atoms with E-state index in [1.165, 1.54) is 6.07 Å². The summed E-state index contributed by atoms with van der Waals surface area (Å²) in [7, 11) is 0. The molecule has 6 rings (SSSR count). The molecule has 10 heteroatoms. The standard InChI is InChI=1S/C30H26FN7O2/c31-26-9-8-20(16-27-23-5-1-2-6-24(23)29(39)35-34-27)15-25(26)30(40)38-14-13-36(19-22(38)10-11-32)17-21-18-37-12-4-3-7-28(37)33-21/h1-9,12,15,18,22H,10,13-14,16-17,19H2,(H,35,39)/t22-/m1/s1. The topological polar surface area (TPSA) is 110 Å². The first-order valence-electron chi connectivity index (χ1n) is 13.1. The fraction of sp³-hybridized carbons (Fsp3) is 0.233. The quantitative estimate of drug-likeness (QED) is 0.356. The van der Waals surface area contributed by atoms with E-state index in [2.05, 4.69) is 26.2 Å². The van der Waals surface area contributed by atoms with Crippen molar-refractivity contribution in [2.24, 2.45) is 0 Å². The summed E-state index contributed by atoms with van der Waals surface area (Å²) in [6.07, 6.45) is 4.38. The van der Waals surface area contributed by atoms with Crippen molar-refractivity contribution in [3.05, 3.63) is 112 Å². The summed E-state index contributed by atoms with van der Waals surface area (Å²) in [5, 5.41) is 17.5. The Morgan fingerprint density at radius 1 is 1.10 bits per heavy atom. The van der Waals surface area contributed by atoms with Crippen molar-refractivity contribution < 1.29 is 9.18 Å². The molecule has 0 unspecified atom stereocenters. The molecule has 1 atom stereocenters. The van der Waals surface area contributed by atoms with Crippen LogP contribution in [0.25, 0.3) is 16.4 Å². The van der Waals surface area contributed by atoms with Gasteiger partial charge in [-0.25, -0.2) is 14.5 Å². The first-order chi connectivity index (χ1) is 19.5. The molecule has 2 aromatic carbocycles. The summed E-state index contributed by atoms with van der Waals surface area (Å²) in [5.74, 6) is -1.05. The van der Waals surface area contributed by atoms with Gasteiger partial charge in [-0.2, -0.15) is 10.4 Å². The van der Waals surface area contributed by atoms with Gasteiger partial charge in [-0.15, -0.1) is 0 Å². The molecule has 0 spiro atoms. The van der Waals surface area contributed by atoms with Crippen LogP contribution >= 0.6 is 0 Å². The Balaban J connectivity index is 1.21. The normalized spacial score (nSPS) is 15.9. The van der Waals surface area contributed by atoms with Crippen molar-refractivity contribution in [1.82, 2.24) is 29.4 Å². The van der Waals surface area contributed by atoms with Gasteiger partial charge in [0.25, 0.3) is 11.5 Å². The molecule has 4 heterocycles. The molecule has 5 aromatic rings. The van der Waals surface area contributed by atoms with Crippen LogP contribution in [0.1, 0.15) is 33.7 Å². The Hall–Kier alpha value is -4.88. The number of nitriles is 1. The van der Waals surface area contributed by atoms with Crippen LogP contribution in [-0.4, -0.2) is 61.0 Å². The van der Waals surface area contributed by atoms with Crippen LogP contribution in [0.15, 0.2) is 77.9 Å². The molecule has 0 saturated carbocycles. The third-order valence-electron chi connectivity index (χ3n) is 7.36. The number of rotatable bonds is 6. The lowest BCUT2D eigenvalue weighted by molar-refractivity contribution is 0.0441. The van der Waals surface area contributed by atoms with Gasteiger partial charge in [0, 0.05) is 50.4 Å². The van der Waals surface area contributed by atoms with E-state index in [0.29, 0.717) is 54.6 Å². The number of halogens is 1. The van der Waals surface area contributed by atoms with Gasteiger partial charge in [-0.1, -0.05) is 30.3 Å². The lowest BCUT2D eigenvalue weighted by Gasteiger charge is -2.40. The Morgan fingerprint density at radius 2 is 1.93 bits per heavy atom. The molecule has 0 aliphatic carbocycles. The highest BCUT2D eigenvalue weighted by molar-refractivity contribution is 5.95. The third kappa shape index (κ3) is 4.95. The van der Waals surface area contributed by atoms with Gasteiger partial charge in [0.15, 0.2) is 0 Å². The average Bonchev–Trinajstić information content (AvgIpc) is 3.38. The van der Waals surface area contributed by atoms with Crippen LogP contribution < -0.4 is 5.56 Å². The Bertz CT molecular complexity index is 1790. The predicted octanol–water partition coefficient (Wildman–Crippen LogP) is 3.54. The van der Waals surface area contributed by atoms with Gasteiger partial charge in [0.2, 0.25) is 0 Å². The fourth-order valence-corrected chi connectivity index (χ4v) is 5.40. The first-order valence-corrected chi connectivity index (χ1v) is 13.1. The number of aromatic amines is 1. The molecule has 3 aromatic heterocycles. The minimum absolute atomic E-state index is 0.0389. The highest BCUT2D eigenvalue weighted by Gasteiger charge is 2.32. The first kappa shape index (κ1) is 25.4. The van der Waals surface area contributed by atoms with Crippen LogP contribution in [0, 0.1) is 17.1 Å². The molecule has 1 N–H and O–H groups in total. The number of benzene rings is 2. The molecule has 1 aliphatic heterocycles. The highest BCUT2D eigenvalue weighted by atomic mass is 19.1. The molecule has 1 saturated heterocycles. The molecule has 9 nitrogen and oxygen atoms in total. The maximum absolute atomic E-state index is 15.0. The van der Waals surface area contributed by atoms with Crippen LogP contribution in [0.5, 0.6) is 0 Å². The van der Waals surface area contributed by atoms with Crippen molar-refractivity contribution in [2.45, 2.75) is 25.4 Å². The Kier molecular flexibility index (Phi) is 6.80. The molecular weight excluding hydrogens is 509 g/mol. The average molecular weight is 536 g/mol. The second-order valence-electron chi connectivity index (χ2n) is 9.98. The van der Waals surface area contributed by atoms with Crippen molar-refractivity contribution >= 4 is 22.3 Å². The van der Waals surface area contributed by atoms with Gasteiger partial charge < -0.3 is 9.30 Å². The Labute approximate surface area is 229 Å². The van der Waals surface area contributed by atoms with Gasteiger partial charge >= 0.3 is 0 Å². The summed E-state index contributed by atoms with van der Waals surface area (Å²) >= 11 is 0. The van der Waals surface area contributed by atoms with Crippen LogP contribution in [0.4, 0.5) is 4.39 Å². The molecule has 200 valence electrons.